The monoisotopic (exact) mass is 106 g/mol. The first-order valence-corrected chi connectivity index (χ1v) is 2.06. The maximum Gasteiger partial charge on any atom is 0.149 e. The molecule has 1 N–H and O–H groups in total. The van der Waals surface area contributed by atoms with Gasteiger partial charge in [-0.3, -0.25) is 0 Å². The van der Waals surface area contributed by atoms with E-state index in [9.17, 15) is 0 Å². The maximum absolute atomic E-state index is 8.30. The van der Waals surface area contributed by atoms with Gasteiger partial charge in [0.15, 0.2) is 0 Å². The third-order valence-electron chi connectivity index (χ3n) is 0.407. The van der Waals surface area contributed by atoms with Crippen LogP contribution < -0.4 is 0 Å². The first kappa shape index (κ1) is 5.99. The fourth-order valence-corrected chi connectivity index (χ4v) is 0. The lowest BCUT2D eigenvalue weighted by Crippen LogP contribution is -1.93. The minimum atomic E-state index is -0.870. The highest BCUT2D eigenvalue weighted by atomic mass is 35.5. The average molecular weight is 107 g/mol. The van der Waals surface area contributed by atoms with E-state index < -0.39 is 5.56 Å². The van der Waals surface area contributed by atoms with Crippen LogP contribution in [-0.2, 0) is 0 Å². The molecule has 0 aromatic rings. The molecule has 0 aliphatic rings. The van der Waals surface area contributed by atoms with E-state index in [4.69, 9.17) is 16.7 Å². The summed E-state index contributed by atoms with van der Waals surface area (Å²) in [5.74, 6) is 0. The van der Waals surface area contributed by atoms with Crippen LogP contribution >= 0.6 is 11.6 Å². The van der Waals surface area contributed by atoms with E-state index in [1.165, 1.54) is 0 Å². The number of hydrogen-bond donors (Lipinski definition) is 1. The lowest BCUT2D eigenvalue weighted by Gasteiger charge is -1.94. The Labute approximate surface area is 42.2 Å². The van der Waals surface area contributed by atoms with Gasteiger partial charge in [-0.15, -0.1) is 0 Å². The van der Waals surface area contributed by atoms with Gasteiger partial charge in [-0.1, -0.05) is 18.2 Å². The number of alkyl halides is 1. The van der Waals surface area contributed by atoms with Crippen molar-refractivity contribution in [1.82, 2.24) is 0 Å². The van der Waals surface area contributed by atoms with E-state index in [-0.39, 0.29) is 0 Å². The van der Waals surface area contributed by atoms with Crippen LogP contribution in [-0.4, -0.2) is 10.7 Å². The molecule has 0 amide bonds. The van der Waals surface area contributed by atoms with Gasteiger partial charge in [0.1, 0.15) is 5.56 Å². The van der Waals surface area contributed by atoms with Crippen LogP contribution in [0.5, 0.6) is 0 Å². The Morgan fingerprint density at radius 2 is 2.17 bits per heavy atom. The van der Waals surface area contributed by atoms with Gasteiger partial charge in [0.2, 0.25) is 0 Å². The largest absolute Gasteiger partial charge is 0.374 e. The summed E-state index contributed by atoms with van der Waals surface area (Å²) in [5.41, 5.74) is -0.290. The SMILES string of the molecule is C=C(C)C(O)Cl. The molecule has 0 saturated carbocycles. The smallest absolute Gasteiger partial charge is 0.149 e. The fraction of sp³-hybridized carbons (Fsp3) is 0.500. The van der Waals surface area contributed by atoms with Crippen LogP contribution in [0.2, 0.25) is 0 Å². The molecule has 0 aromatic carbocycles. The quantitative estimate of drug-likeness (QED) is 0.392. The molecular weight excluding hydrogens is 99.5 g/mol. The van der Waals surface area contributed by atoms with Crippen molar-refractivity contribution in [2.45, 2.75) is 12.5 Å². The van der Waals surface area contributed by atoms with E-state index in [1.54, 1.807) is 6.92 Å². The summed E-state index contributed by atoms with van der Waals surface area (Å²) in [5, 5.41) is 8.30. The highest BCUT2D eigenvalue weighted by molar-refractivity contribution is 6.21. The molecule has 1 atom stereocenters. The molecule has 0 spiro atoms. The number of halogens is 1. The minimum absolute atomic E-state index is 0.580. The molecule has 0 heterocycles. The van der Waals surface area contributed by atoms with Crippen molar-refractivity contribution in [1.29, 1.82) is 0 Å². The van der Waals surface area contributed by atoms with Crippen molar-refractivity contribution < 1.29 is 5.11 Å². The summed E-state index contributed by atoms with van der Waals surface area (Å²) in [7, 11) is 0. The predicted molar refractivity (Wildman–Crippen MR) is 26.7 cm³/mol. The summed E-state index contributed by atoms with van der Waals surface area (Å²) in [6, 6.07) is 0. The van der Waals surface area contributed by atoms with Crippen LogP contribution in [0.25, 0.3) is 0 Å². The number of hydrogen-bond acceptors (Lipinski definition) is 1. The fourth-order valence-electron chi connectivity index (χ4n) is 0. The van der Waals surface area contributed by atoms with Gasteiger partial charge in [0.05, 0.1) is 0 Å². The highest BCUT2D eigenvalue weighted by Crippen LogP contribution is 1.99. The molecule has 0 aliphatic heterocycles. The van der Waals surface area contributed by atoms with Crippen molar-refractivity contribution in [3.8, 4) is 0 Å². The van der Waals surface area contributed by atoms with Crippen LogP contribution in [0.1, 0.15) is 6.92 Å². The maximum atomic E-state index is 8.30. The molecule has 0 rings (SSSR count). The Balaban J connectivity index is 3.26. The zero-order valence-electron chi connectivity index (χ0n) is 3.61. The Kier molecular flexibility index (Phi) is 2.21. The minimum Gasteiger partial charge on any atom is -0.374 e. The zero-order valence-corrected chi connectivity index (χ0v) is 4.37. The molecule has 0 bridgehead atoms. The van der Waals surface area contributed by atoms with E-state index in [0.29, 0.717) is 5.57 Å². The third-order valence-corrected chi connectivity index (χ3v) is 0.779. The second-order valence-electron chi connectivity index (χ2n) is 1.18. The summed E-state index contributed by atoms with van der Waals surface area (Å²) < 4.78 is 0. The van der Waals surface area contributed by atoms with Crippen molar-refractivity contribution >= 4 is 11.6 Å². The summed E-state index contributed by atoms with van der Waals surface area (Å²) >= 11 is 5.07. The molecule has 36 valence electrons. The third kappa shape index (κ3) is 2.24. The Bertz CT molecular complexity index is 58.6. The number of rotatable bonds is 1. The lowest BCUT2D eigenvalue weighted by atomic mass is 10.4. The van der Waals surface area contributed by atoms with Crippen molar-refractivity contribution in [2.75, 3.05) is 0 Å². The molecule has 1 nitrogen and oxygen atoms in total. The molecule has 0 saturated heterocycles. The lowest BCUT2D eigenvalue weighted by molar-refractivity contribution is 0.292. The van der Waals surface area contributed by atoms with Gasteiger partial charge < -0.3 is 5.11 Å². The van der Waals surface area contributed by atoms with Gasteiger partial charge in [0.25, 0.3) is 0 Å². The van der Waals surface area contributed by atoms with E-state index in [2.05, 4.69) is 6.58 Å². The first-order chi connectivity index (χ1) is 2.64. The molecule has 2 heteroatoms. The van der Waals surface area contributed by atoms with E-state index >= 15 is 0 Å². The van der Waals surface area contributed by atoms with Gasteiger partial charge in [-0.2, -0.15) is 0 Å². The number of aliphatic hydroxyl groups excluding tert-OH is 1. The van der Waals surface area contributed by atoms with Gasteiger partial charge in [-0.25, -0.2) is 0 Å². The highest BCUT2D eigenvalue weighted by Gasteiger charge is 1.92. The average Bonchev–Trinajstić information content (AvgIpc) is 1.36. The van der Waals surface area contributed by atoms with Crippen molar-refractivity contribution in [3.63, 3.8) is 0 Å². The second kappa shape index (κ2) is 2.21. The second-order valence-corrected chi connectivity index (χ2v) is 1.60. The topological polar surface area (TPSA) is 20.2 Å². The van der Waals surface area contributed by atoms with Crippen LogP contribution in [0.3, 0.4) is 0 Å². The van der Waals surface area contributed by atoms with Crippen LogP contribution in [0.4, 0.5) is 0 Å². The molecule has 0 aromatic heterocycles. The van der Waals surface area contributed by atoms with Gasteiger partial charge in [0, 0.05) is 0 Å². The van der Waals surface area contributed by atoms with E-state index in [0.717, 1.165) is 0 Å². The zero-order chi connectivity index (χ0) is 5.15. The van der Waals surface area contributed by atoms with Crippen molar-refractivity contribution in [2.24, 2.45) is 0 Å². The Morgan fingerprint density at radius 3 is 2.17 bits per heavy atom. The molecule has 6 heavy (non-hydrogen) atoms. The summed E-state index contributed by atoms with van der Waals surface area (Å²) in [4.78, 5) is 0. The Morgan fingerprint density at radius 1 is 2.00 bits per heavy atom. The molecule has 0 radical (unpaired) electrons. The first-order valence-electron chi connectivity index (χ1n) is 1.62. The van der Waals surface area contributed by atoms with Crippen molar-refractivity contribution in [3.05, 3.63) is 12.2 Å². The number of aliphatic hydroxyl groups is 1. The van der Waals surface area contributed by atoms with Gasteiger partial charge >= 0.3 is 0 Å². The molecule has 1 unspecified atom stereocenters. The standard InChI is InChI=1S/C4H7ClO/c1-3(2)4(5)6/h4,6H,1H2,2H3. The Hall–Kier alpha value is -0.0100. The predicted octanol–water partition coefficient (Wildman–Crippen LogP) is 1.12. The normalized spacial score (nSPS) is 13.8. The van der Waals surface area contributed by atoms with Crippen LogP contribution in [0.15, 0.2) is 12.2 Å². The molecular formula is C4H7ClO. The van der Waals surface area contributed by atoms with Crippen LogP contribution in [0, 0.1) is 0 Å². The summed E-state index contributed by atoms with van der Waals surface area (Å²) in [6.07, 6.45) is 0. The molecule has 0 aliphatic carbocycles. The molecule has 0 fully saturated rings. The van der Waals surface area contributed by atoms with E-state index in [1.807, 2.05) is 0 Å². The summed E-state index contributed by atoms with van der Waals surface area (Å²) in [6.45, 7) is 5.04. The van der Waals surface area contributed by atoms with Gasteiger partial charge in [-0.05, 0) is 12.5 Å².